The fourth-order valence-electron chi connectivity index (χ4n) is 4.77. The molecule has 1 aliphatic carbocycles. The molecule has 2 aromatic heterocycles. The summed E-state index contributed by atoms with van der Waals surface area (Å²) in [5, 5.41) is 9.91. The Morgan fingerprint density at radius 2 is 2.00 bits per heavy atom. The number of nitrogens with one attached hydrogen (secondary N) is 1. The van der Waals surface area contributed by atoms with E-state index >= 15 is 0 Å². The van der Waals surface area contributed by atoms with Crippen molar-refractivity contribution < 1.29 is 4.79 Å². The van der Waals surface area contributed by atoms with Crippen LogP contribution in [0.15, 0.2) is 39.9 Å². The molecule has 1 saturated carbocycles. The third-order valence-electron chi connectivity index (χ3n) is 6.62. The van der Waals surface area contributed by atoms with Gasteiger partial charge in [0.15, 0.2) is 5.96 Å². The Labute approximate surface area is 193 Å². The molecular formula is C23H31N7OS. The molecule has 1 saturated heterocycles. The molecule has 2 aliphatic heterocycles. The van der Waals surface area contributed by atoms with Gasteiger partial charge >= 0.3 is 0 Å². The van der Waals surface area contributed by atoms with Crippen LogP contribution in [0.3, 0.4) is 0 Å². The van der Waals surface area contributed by atoms with Gasteiger partial charge in [-0.2, -0.15) is 5.10 Å². The van der Waals surface area contributed by atoms with Crippen molar-refractivity contribution in [3.8, 4) is 0 Å². The van der Waals surface area contributed by atoms with E-state index in [1.807, 2.05) is 40.3 Å². The summed E-state index contributed by atoms with van der Waals surface area (Å²) in [6.07, 6.45) is 10.2. The number of aromatic nitrogens is 2. The Balaban J connectivity index is 1.29. The Morgan fingerprint density at radius 3 is 2.69 bits per heavy atom. The summed E-state index contributed by atoms with van der Waals surface area (Å²) in [6.45, 7) is 3.64. The third kappa shape index (κ3) is 4.57. The van der Waals surface area contributed by atoms with E-state index in [4.69, 9.17) is 9.98 Å². The van der Waals surface area contributed by atoms with Crippen LogP contribution in [-0.4, -0.2) is 76.0 Å². The van der Waals surface area contributed by atoms with Gasteiger partial charge in [-0.1, -0.05) is 25.3 Å². The topological polar surface area (TPSA) is 78.1 Å². The number of rotatable bonds is 3. The van der Waals surface area contributed by atoms with Crippen molar-refractivity contribution in [2.45, 2.75) is 44.1 Å². The number of amides is 1. The predicted molar refractivity (Wildman–Crippen MR) is 127 cm³/mol. The van der Waals surface area contributed by atoms with Crippen LogP contribution in [0.4, 0.5) is 0 Å². The molecule has 9 heteroatoms. The highest BCUT2D eigenvalue weighted by Crippen LogP contribution is 2.25. The fourth-order valence-corrected chi connectivity index (χ4v) is 5.47. The van der Waals surface area contributed by atoms with Gasteiger partial charge in [-0.3, -0.25) is 19.5 Å². The van der Waals surface area contributed by atoms with Gasteiger partial charge in [0, 0.05) is 45.0 Å². The number of amidine groups is 1. The van der Waals surface area contributed by atoms with Crippen LogP contribution in [0, 0.1) is 0 Å². The van der Waals surface area contributed by atoms with Crippen molar-refractivity contribution >= 4 is 29.0 Å². The minimum atomic E-state index is 0.121. The first-order valence-electron chi connectivity index (χ1n) is 11.6. The largest absolute Gasteiger partial charge is 0.339 e. The number of thiophene rings is 1. The molecule has 4 heterocycles. The molecule has 1 N–H and O–H groups in total. The number of carbonyl (C=O) groups is 1. The van der Waals surface area contributed by atoms with Gasteiger partial charge in [0.25, 0.3) is 5.91 Å². The Bertz CT molecular complexity index is 982. The summed E-state index contributed by atoms with van der Waals surface area (Å²) in [6, 6.07) is 4.23. The van der Waals surface area contributed by atoms with Crippen molar-refractivity contribution in [1.29, 1.82) is 0 Å². The number of aryl methyl sites for hydroxylation is 1. The van der Waals surface area contributed by atoms with Gasteiger partial charge in [-0.15, -0.1) is 11.3 Å². The lowest BCUT2D eigenvalue weighted by molar-refractivity contribution is 0.0695. The zero-order valence-corrected chi connectivity index (χ0v) is 19.4. The molecule has 2 aromatic rings. The molecule has 0 bridgehead atoms. The second-order valence-electron chi connectivity index (χ2n) is 8.85. The maximum absolute atomic E-state index is 12.7. The highest BCUT2D eigenvalue weighted by Gasteiger charge is 2.31. The second kappa shape index (κ2) is 9.44. The molecule has 1 unspecified atom stereocenters. The number of nitrogens with zero attached hydrogens (tertiary/aromatic N) is 6. The van der Waals surface area contributed by atoms with Crippen LogP contribution >= 0.6 is 11.3 Å². The van der Waals surface area contributed by atoms with Crippen LogP contribution < -0.4 is 5.32 Å². The zero-order chi connectivity index (χ0) is 21.9. The van der Waals surface area contributed by atoms with Crippen LogP contribution in [0.2, 0.25) is 0 Å². The number of guanidine groups is 1. The number of aliphatic imine (C=N–C) groups is 2. The van der Waals surface area contributed by atoms with Crippen molar-refractivity contribution in [3.63, 3.8) is 0 Å². The van der Waals surface area contributed by atoms with E-state index in [0.29, 0.717) is 25.7 Å². The van der Waals surface area contributed by atoms with Gasteiger partial charge in [-0.25, -0.2) is 0 Å². The van der Waals surface area contributed by atoms with Crippen LogP contribution in [0.25, 0.3) is 0 Å². The molecule has 0 aromatic carbocycles. The quantitative estimate of drug-likeness (QED) is 0.775. The molecule has 32 heavy (non-hydrogen) atoms. The summed E-state index contributed by atoms with van der Waals surface area (Å²) >= 11 is 1.51. The molecule has 8 nitrogen and oxygen atoms in total. The summed E-state index contributed by atoms with van der Waals surface area (Å²) in [5.74, 6) is 2.17. The van der Waals surface area contributed by atoms with E-state index in [1.165, 1.54) is 43.4 Å². The number of carbonyl (C=O) groups excluding carboxylic acids is 1. The van der Waals surface area contributed by atoms with Crippen LogP contribution in [0.5, 0.6) is 0 Å². The van der Waals surface area contributed by atoms with E-state index in [2.05, 4.69) is 21.5 Å². The Hall–Kier alpha value is -2.68. The number of hydrogen-bond donors (Lipinski definition) is 1. The molecule has 170 valence electrons. The minimum absolute atomic E-state index is 0.121. The van der Waals surface area contributed by atoms with E-state index in [9.17, 15) is 4.79 Å². The maximum Gasteiger partial charge on any atom is 0.264 e. The van der Waals surface area contributed by atoms with Crippen LogP contribution in [-0.2, 0) is 7.05 Å². The lowest BCUT2D eigenvalue weighted by Crippen LogP contribution is -2.56. The van der Waals surface area contributed by atoms with Crippen molar-refractivity contribution in [2.75, 3.05) is 32.7 Å². The molecule has 1 amide bonds. The summed E-state index contributed by atoms with van der Waals surface area (Å²) in [4.78, 5) is 27.8. The highest BCUT2D eigenvalue weighted by molar-refractivity contribution is 7.12. The zero-order valence-electron chi connectivity index (χ0n) is 18.6. The van der Waals surface area contributed by atoms with E-state index in [-0.39, 0.29) is 11.8 Å². The second-order valence-corrected chi connectivity index (χ2v) is 9.80. The molecule has 0 radical (unpaired) electrons. The molecule has 5 rings (SSSR count). The average molecular weight is 454 g/mol. The van der Waals surface area contributed by atoms with Crippen molar-refractivity contribution in [1.82, 2.24) is 24.9 Å². The molecule has 2 fully saturated rings. The first-order chi connectivity index (χ1) is 15.7. The molecule has 3 aliphatic rings. The molecular weight excluding hydrogens is 422 g/mol. The van der Waals surface area contributed by atoms with Crippen molar-refractivity contribution in [2.24, 2.45) is 17.0 Å². The molecule has 0 spiro atoms. The maximum atomic E-state index is 12.7. The normalized spacial score (nSPS) is 23.8. The van der Waals surface area contributed by atoms with Crippen LogP contribution in [0.1, 0.15) is 53.3 Å². The van der Waals surface area contributed by atoms with Crippen molar-refractivity contribution in [3.05, 3.63) is 40.3 Å². The number of hydrogen-bond acceptors (Lipinski definition) is 6. The van der Waals surface area contributed by atoms with E-state index in [0.717, 1.165) is 35.3 Å². The lowest BCUT2D eigenvalue weighted by Gasteiger charge is -2.38. The highest BCUT2D eigenvalue weighted by atomic mass is 32.1. The monoisotopic (exact) mass is 453 g/mol. The van der Waals surface area contributed by atoms with Gasteiger partial charge in [0.2, 0.25) is 0 Å². The van der Waals surface area contributed by atoms with Gasteiger partial charge in [0.05, 0.1) is 29.6 Å². The summed E-state index contributed by atoms with van der Waals surface area (Å²) in [5.41, 5.74) is 1.16. The van der Waals surface area contributed by atoms with Gasteiger partial charge in [0.1, 0.15) is 5.84 Å². The van der Waals surface area contributed by atoms with Gasteiger partial charge < -0.3 is 15.1 Å². The average Bonchev–Trinajstić information content (AvgIpc) is 3.52. The fraction of sp³-hybridized carbons (Fsp3) is 0.565. The van der Waals surface area contributed by atoms with Gasteiger partial charge in [-0.05, 0) is 24.3 Å². The Kier molecular flexibility index (Phi) is 6.25. The minimum Gasteiger partial charge on any atom is -0.339 e. The standard InChI is InChI=1S/C23H31N7OS/c1-28-16-17(14-25-28)19-15-24-23(27-21(19)26-18-6-3-2-4-7-18)30-11-9-29(10-12-30)22(31)20-8-5-13-32-20/h5,8,13-14,16,18-19H,2-4,6-7,9-12,15H2,1H3,(H,24,26,27). The lowest BCUT2D eigenvalue weighted by atomic mass is 9.95. The SMILES string of the molecule is Cn1cc(C2CN=C(N3CCN(C(=O)c4cccs4)CC3)NC2=NC2CCCCC2)cn1. The van der Waals surface area contributed by atoms with E-state index in [1.54, 1.807) is 0 Å². The summed E-state index contributed by atoms with van der Waals surface area (Å²) < 4.78 is 1.84. The predicted octanol–water partition coefficient (Wildman–Crippen LogP) is 2.71. The number of piperazine rings is 1. The Morgan fingerprint density at radius 1 is 1.19 bits per heavy atom. The third-order valence-corrected chi connectivity index (χ3v) is 7.47. The smallest absolute Gasteiger partial charge is 0.264 e. The summed E-state index contributed by atoms with van der Waals surface area (Å²) in [7, 11) is 1.95. The molecule has 1 atom stereocenters. The first kappa shape index (κ1) is 21.2. The first-order valence-corrected chi connectivity index (χ1v) is 12.5. The van der Waals surface area contributed by atoms with E-state index < -0.39 is 0 Å².